The molecule has 0 aromatic heterocycles. The Kier molecular flexibility index (Phi) is 3.68. The highest BCUT2D eigenvalue weighted by Crippen LogP contribution is 2.26. The standard InChI is InChI=1S/C11H15F3N2O/c1-7(15)10(2,16)8-3-5-9(6-4-8)17-11(12,13)14/h3-7H,15-16H2,1-2H3. The third-order valence-corrected chi connectivity index (χ3v) is 2.66. The molecule has 0 heterocycles. The molecular weight excluding hydrogens is 233 g/mol. The summed E-state index contributed by atoms with van der Waals surface area (Å²) in [6.07, 6.45) is -4.69. The quantitative estimate of drug-likeness (QED) is 0.861. The van der Waals surface area contributed by atoms with E-state index >= 15 is 0 Å². The molecule has 6 heteroatoms. The zero-order valence-electron chi connectivity index (χ0n) is 9.58. The van der Waals surface area contributed by atoms with Gasteiger partial charge in [0.1, 0.15) is 5.75 Å². The molecule has 0 aliphatic rings. The lowest BCUT2D eigenvalue weighted by molar-refractivity contribution is -0.274. The van der Waals surface area contributed by atoms with Crippen LogP contribution in [-0.2, 0) is 5.54 Å². The number of hydrogen-bond acceptors (Lipinski definition) is 3. The van der Waals surface area contributed by atoms with Crippen molar-refractivity contribution < 1.29 is 17.9 Å². The molecule has 0 spiro atoms. The van der Waals surface area contributed by atoms with Crippen LogP contribution in [0.2, 0.25) is 0 Å². The van der Waals surface area contributed by atoms with Crippen molar-refractivity contribution in [3.05, 3.63) is 29.8 Å². The molecule has 0 aliphatic heterocycles. The van der Waals surface area contributed by atoms with Crippen LogP contribution in [0.15, 0.2) is 24.3 Å². The van der Waals surface area contributed by atoms with Crippen LogP contribution in [0.1, 0.15) is 19.4 Å². The van der Waals surface area contributed by atoms with Gasteiger partial charge >= 0.3 is 6.36 Å². The summed E-state index contributed by atoms with van der Waals surface area (Å²) in [4.78, 5) is 0. The van der Waals surface area contributed by atoms with Crippen molar-refractivity contribution in [2.75, 3.05) is 0 Å². The SMILES string of the molecule is CC(N)C(C)(N)c1ccc(OC(F)(F)F)cc1. The van der Waals surface area contributed by atoms with Gasteiger partial charge in [-0.2, -0.15) is 0 Å². The van der Waals surface area contributed by atoms with Crippen molar-refractivity contribution in [3.8, 4) is 5.75 Å². The minimum atomic E-state index is -4.69. The van der Waals surface area contributed by atoms with Gasteiger partial charge in [-0.3, -0.25) is 0 Å². The van der Waals surface area contributed by atoms with Gasteiger partial charge < -0.3 is 16.2 Å². The van der Waals surface area contributed by atoms with Gasteiger partial charge in [0.2, 0.25) is 0 Å². The Morgan fingerprint density at radius 2 is 1.65 bits per heavy atom. The van der Waals surface area contributed by atoms with E-state index < -0.39 is 11.9 Å². The Labute approximate surface area is 97.5 Å². The van der Waals surface area contributed by atoms with Gasteiger partial charge in [-0.05, 0) is 31.5 Å². The average molecular weight is 248 g/mol. The maximum absolute atomic E-state index is 11.9. The molecule has 0 bridgehead atoms. The van der Waals surface area contributed by atoms with Gasteiger partial charge in [-0.15, -0.1) is 13.2 Å². The number of rotatable bonds is 3. The Morgan fingerprint density at radius 1 is 1.18 bits per heavy atom. The zero-order chi connectivity index (χ0) is 13.3. The monoisotopic (exact) mass is 248 g/mol. The lowest BCUT2D eigenvalue weighted by Gasteiger charge is -2.29. The molecule has 0 fully saturated rings. The van der Waals surface area contributed by atoms with Crippen LogP contribution in [0.3, 0.4) is 0 Å². The van der Waals surface area contributed by atoms with Crippen molar-refractivity contribution >= 4 is 0 Å². The van der Waals surface area contributed by atoms with E-state index in [2.05, 4.69) is 4.74 Å². The first-order chi connectivity index (χ1) is 7.63. The molecule has 1 aromatic rings. The Morgan fingerprint density at radius 3 is 2.00 bits per heavy atom. The van der Waals surface area contributed by atoms with Crippen LogP contribution in [0.25, 0.3) is 0 Å². The number of hydrogen-bond donors (Lipinski definition) is 2. The van der Waals surface area contributed by atoms with Crippen molar-refractivity contribution in [1.29, 1.82) is 0 Å². The fourth-order valence-electron chi connectivity index (χ4n) is 1.28. The minimum Gasteiger partial charge on any atom is -0.406 e. The van der Waals surface area contributed by atoms with Crippen LogP contribution in [-0.4, -0.2) is 12.4 Å². The van der Waals surface area contributed by atoms with Gasteiger partial charge in [0.15, 0.2) is 0 Å². The van der Waals surface area contributed by atoms with E-state index in [1.54, 1.807) is 13.8 Å². The normalized spacial score (nSPS) is 17.4. The van der Waals surface area contributed by atoms with E-state index in [0.717, 1.165) is 0 Å². The topological polar surface area (TPSA) is 61.3 Å². The highest BCUT2D eigenvalue weighted by atomic mass is 19.4. The molecule has 3 nitrogen and oxygen atoms in total. The fraction of sp³-hybridized carbons (Fsp3) is 0.455. The molecule has 1 aromatic carbocycles. The maximum atomic E-state index is 11.9. The van der Waals surface area contributed by atoms with Crippen LogP contribution in [0.5, 0.6) is 5.75 Å². The highest BCUT2D eigenvalue weighted by Gasteiger charge is 2.31. The van der Waals surface area contributed by atoms with Crippen molar-refractivity contribution in [1.82, 2.24) is 0 Å². The second-order valence-electron chi connectivity index (χ2n) is 4.14. The van der Waals surface area contributed by atoms with Crippen LogP contribution < -0.4 is 16.2 Å². The molecule has 0 radical (unpaired) electrons. The Balaban J connectivity index is 2.89. The predicted octanol–water partition coefficient (Wildman–Crippen LogP) is 2.11. The number of halogens is 3. The molecule has 2 atom stereocenters. The van der Waals surface area contributed by atoms with Gasteiger partial charge in [0.25, 0.3) is 0 Å². The Bertz CT molecular complexity index is 371. The van der Waals surface area contributed by atoms with E-state index in [4.69, 9.17) is 11.5 Å². The molecule has 2 unspecified atom stereocenters. The third-order valence-electron chi connectivity index (χ3n) is 2.66. The molecule has 96 valence electrons. The van der Waals surface area contributed by atoms with Crippen LogP contribution >= 0.6 is 0 Å². The molecule has 0 saturated heterocycles. The molecule has 0 aliphatic carbocycles. The van der Waals surface area contributed by atoms with Gasteiger partial charge in [0.05, 0.1) is 5.54 Å². The van der Waals surface area contributed by atoms with E-state index in [9.17, 15) is 13.2 Å². The Hall–Kier alpha value is -1.27. The van der Waals surface area contributed by atoms with E-state index in [1.165, 1.54) is 24.3 Å². The second kappa shape index (κ2) is 4.54. The highest BCUT2D eigenvalue weighted by molar-refractivity contribution is 5.32. The summed E-state index contributed by atoms with van der Waals surface area (Å²) in [6, 6.07) is 5.07. The summed E-state index contributed by atoms with van der Waals surface area (Å²) in [6.45, 7) is 3.46. The summed E-state index contributed by atoms with van der Waals surface area (Å²) in [5.41, 5.74) is 11.5. The van der Waals surface area contributed by atoms with E-state index in [0.29, 0.717) is 5.56 Å². The number of benzene rings is 1. The maximum Gasteiger partial charge on any atom is 0.573 e. The first kappa shape index (κ1) is 13.8. The summed E-state index contributed by atoms with van der Waals surface area (Å²) in [7, 11) is 0. The number of ether oxygens (including phenoxy) is 1. The lowest BCUT2D eigenvalue weighted by Crippen LogP contribution is -2.48. The molecule has 0 saturated carbocycles. The first-order valence-corrected chi connectivity index (χ1v) is 5.03. The van der Waals surface area contributed by atoms with E-state index in [1.807, 2.05) is 0 Å². The fourth-order valence-corrected chi connectivity index (χ4v) is 1.28. The largest absolute Gasteiger partial charge is 0.573 e. The minimum absolute atomic E-state index is 0.276. The third kappa shape index (κ3) is 3.61. The average Bonchev–Trinajstić information content (AvgIpc) is 2.15. The first-order valence-electron chi connectivity index (χ1n) is 5.03. The summed E-state index contributed by atoms with van der Waals surface area (Å²) < 4.78 is 39.6. The molecule has 0 amide bonds. The van der Waals surface area contributed by atoms with Gasteiger partial charge in [-0.25, -0.2) is 0 Å². The zero-order valence-corrected chi connectivity index (χ0v) is 9.58. The van der Waals surface area contributed by atoms with Crippen molar-refractivity contribution in [2.45, 2.75) is 31.8 Å². The van der Waals surface area contributed by atoms with E-state index in [-0.39, 0.29) is 11.8 Å². The summed E-state index contributed by atoms with van der Waals surface area (Å²) in [5.74, 6) is -0.276. The van der Waals surface area contributed by atoms with Crippen LogP contribution in [0, 0.1) is 0 Å². The lowest BCUT2D eigenvalue weighted by atomic mass is 9.87. The molecule has 4 N–H and O–H groups in total. The van der Waals surface area contributed by atoms with Gasteiger partial charge in [0, 0.05) is 6.04 Å². The molecule has 1 rings (SSSR count). The number of nitrogens with two attached hydrogens (primary N) is 2. The summed E-state index contributed by atoms with van der Waals surface area (Å²) in [5, 5.41) is 0. The van der Waals surface area contributed by atoms with Crippen LogP contribution in [0.4, 0.5) is 13.2 Å². The molecular formula is C11H15F3N2O. The summed E-state index contributed by atoms with van der Waals surface area (Å²) >= 11 is 0. The molecule has 17 heavy (non-hydrogen) atoms. The smallest absolute Gasteiger partial charge is 0.406 e. The second-order valence-corrected chi connectivity index (χ2v) is 4.14. The van der Waals surface area contributed by atoms with Gasteiger partial charge in [-0.1, -0.05) is 12.1 Å². The van der Waals surface area contributed by atoms with Crippen molar-refractivity contribution in [3.63, 3.8) is 0 Å². The van der Waals surface area contributed by atoms with Crippen molar-refractivity contribution in [2.24, 2.45) is 11.5 Å². The predicted molar refractivity (Wildman–Crippen MR) is 58.3 cm³/mol. The number of alkyl halides is 3.